The molecule has 0 aliphatic heterocycles. The van der Waals surface area contributed by atoms with Gasteiger partial charge >= 0.3 is 0 Å². The average molecular weight is 360 g/mol. The number of halogens is 2. The van der Waals surface area contributed by atoms with Gasteiger partial charge in [-0.2, -0.15) is 0 Å². The second kappa shape index (κ2) is 5.21. The Morgan fingerprint density at radius 3 is 2.44 bits per heavy atom. The molecule has 0 radical (unpaired) electrons. The zero-order chi connectivity index (χ0) is 11.5. The Kier molecular flexibility index (Phi) is 3.89. The van der Waals surface area contributed by atoms with E-state index in [1.165, 1.54) is 0 Å². The second-order valence-corrected chi connectivity index (χ2v) is 5.99. The van der Waals surface area contributed by atoms with Gasteiger partial charge < -0.3 is 5.73 Å². The second-order valence-electron chi connectivity index (χ2n) is 3.10. The van der Waals surface area contributed by atoms with Crippen molar-refractivity contribution in [1.82, 2.24) is 4.98 Å². The van der Waals surface area contributed by atoms with Crippen LogP contribution >= 0.6 is 43.6 Å². The number of pyridine rings is 1. The van der Waals surface area contributed by atoms with E-state index in [1.54, 1.807) is 18.0 Å². The molecule has 0 saturated carbocycles. The van der Waals surface area contributed by atoms with E-state index in [9.17, 15) is 0 Å². The van der Waals surface area contributed by atoms with Crippen molar-refractivity contribution < 1.29 is 0 Å². The van der Waals surface area contributed by atoms with Crippen LogP contribution in [0.4, 0.5) is 5.69 Å². The van der Waals surface area contributed by atoms with Crippen molar-refractivity contribution >= 4 is 49.3 Å². The minimum atomic E-state index is 0.754. The fourth-order valence-electron chi connectivity index (χ4n) is 1.15. The van der Waals surface area contributed by atoms with Gasteiger partial charge in [0.05, 0.1) is 0 Å². The van der Waals surface area contributed by atoms with Gasteiger partial charge in [-0.3, -0.25) is 0 Å². The fraction of sp³-hybridized carbons (Fsp3) is 0. The Bertz CT molecular complexity index is 500. The highest BCUT2D eigenvalue weighted by Gasteiger charge is 2.03. The zero-order valence-electron chi connectivity index (χ0n) is 8.15. The smallest absolute Gasteiger partial charge is 0.101 e. The van der Waals surface area contributed by atoms with E-state index in [1.807, 2.05) is 30.3 Å². The number of nitrogens with two attached hydrogens (primary N) is 1. The molecule has 0 bridgehead atoms. The molecule has 0 atom stereocenters. The number of anilines is 1. The molecule has 0 spiro atoms. The molecule has 82 valence electrons. The first-order chi connectivity index (χ1) is 7.65. The predicted octanol–water partition coefficient (Wildman–Crippen LogP) is 4.34. The van der Waals surface area contributed by atoms with Gasteiger partial charge in [0.15, 0.2) is 0 Å². The van der Waals surface area contributed by atoms with E-state index in [2.05, 4.69) is 36.8 Å². The number of rotatable bonds is 2. The number of nitrogens with zero attached hydrogens (tertiary/aromatic N) is 1. The maximum absolute atomic E-state index is 5.91. The molecular weight excluding hydrogens is 352 g/mol. The summed E-state index contributed by atoms with van der Waals surface area (Å²) < 4.78 is 1.96. The largest absolute Gasteiger partial charge is 0.398 e. The SMILES string of the molecule is Nc1cc(Br)ccc1Sc1ccc(Br)cn1. The van der Waals surface area contributed by atoms with Crippen molar-refractivity contribution in [2.45, 2.75) is 9.92 Å². The van der Waals surface area contributed by atoms with Crippen molar-refractivity contribution in [3.8, 4) is 0 Å². The molecule has 0 aliphatic carbocycles. The Morgan fingerprint density at radius 1 is 1.06 bits per heavy atom. The van der Waals surface area contributed by atoms with Crippen LogP contribution in [0.1, 0.15) is 0 Å². The summed E-state index contributed by atoms with van der Waals surface area (Å²) in [6, 6.07) is 9.76. The summed E-state index contributed by atoms with van der Waals surface area (Å²) in [6.45, 7) is 0. The van der Waals surface area contributed by atoms with Gasteiger partial charge in [-0.05, 0) is 46.3 Å². The van der Waals surface area contributed by atoms with E-state index in [4.69, 9.17) is 5.73 Å². The summed E-state index contributed by atoms with van der Waals surface area (Å²) in [5.41, 5.74) is 6.67. The maximum atomic E-state index is 5.91. The van der Waals surface area contributed by atoms with Crippen LogP contribution < -0.4 is 5.73 Å². The van der Waals surface area contributed by atoms with Crippen LogP contribution in [0.2, 0.25) is 0 Å². The molecule has 0 amide bonds. The molecule has 1 heterocycles. The minimum absolute atomic E-state index is 0.754. The molecule has 5 heteroatoms. The summed E-state index contributed by atoms with van der Waals surface area (Å²) in [4.78, 5) is 5.30. The van der Waals surface area contributed by atoms with E-state index in [-0.39, 0.29) is 0 Å². The summed E-state index contributed by atoms with van der Waals surface area (Å²) in [5, 5.41) is 0.928. The van der Waals surface area contributed by atoms with Gasteiger partial charge in [0.25, 0.3) is 0 Å². The van der Waals surface area contributed by atoms with Gasteiger partial charge in [0.1, 0.15) is 5.03 Å². The first-order valence-electron chi connectivity index (χ1n) is 4.49. The summed E-state index contributed by atoms with van der Waals surface area (Å²) in [7, 11) is 0. The predicted molar refractivity (Wildman–Crippen MR) is 74.6 cm³/mol. The highest BCUT2D eigenvalue weighted by Crippen LogP contribution is 2.32. The molecule has 1 aromatic carbocycles. The third-order valence-corrected chi connectivity index (χ3v) is 3.89. The van der Waals surface area contributed by atoms with Crippen LogP contribution in [0.15, 0.2) is 55.4 Å². The Balaban J connectivity index is 2.23. The van der Waals surface area contributed by atoms with Gasteiger partial charge in [-0.15, -0.1) is 0 Å². The number of hydrogen-bond donors (Lipinski definition) is 1. The van der Waals surface area contributed by atoms with E-state index >= 15 is 0 Å². The van der Waals surface area contributed by atoms with Crippen molar-refractivity contribution in [2.75, 3.05) is 5.73 Å². The molecular formula is C11H8Br2N2S. The van der Waals surface area contributed by atoms with Crippen LogP contribution in [0.25, 0.3) is 0 Å². The molecule has 0 unspecified atom stereocenters. The van der Waals surface area contributed by atoms with Gasteiger partial charge in [-0.1, -0.05) is 27.7 Å². The first-order valence-corrected chi connectivity index (χ1v) is 6.90. The molecule has 0 fully saturated rings. The molecule has 2 nitrogen and oxygen atoms in total. The van der Waals surface area contributed by atoms with E-state index in [0.29, 0.717) is 0 Å². The van der Waals surface area contributed by atoms with Gasteiger partial charge in [0.2, 0.25) is 0 Å². The first kappa shape index (κ1) is 12.0. The van der Waals surface area contributed by atoms with Crippen molar-refractivity contribution in [3.05, 3.63) is 45.5 Å². The topological polar surface area (TPSA) is 38.9 Å². The zero-order valence-corrected chi connectivity index (χ0v) is 12.1. The normalized spacial score (nSPS) is 10.4. The number of hydrogen-bond acceptors (Lipinski definition) is 3. The summed E-state index contributed by atoms with van der Waals surface area (Å²) >= 11 is 8.29. The van der Waals surface area contributed by atoms with E-state index in [0.717, 1.165) is 24.6 Å². The minimum Gasteiger partial charge on any atom is -0.398 e. The van der Waals surface area contributed by atoms with E-state index < -0.39 is 0 Å². The van der Waals surface area contributed by atoms with Crippen LogP contribution in [-0.4, -0.2) is 4.98 Å². The maximum Gasteiger partial charge on any atom is 0.101 e. The summed E-state index contributed by atoms with van der Waals surface area (Å²) in [5.74, 6) is 0. The molecule has 2 N–H and O–H groups in total. The van der Waals surface area contributed by atoms with Crippen LogP contribution in [0.5, 0.6) is 0 Å². The highest BCUT2D eigenvalue weighted by atomic mass is 79.9. The van der Waals surface area contributed by atoms with Gasteiger partial charge in [-0.25, -0.2) is 4.98 Å². The third-order valence-electron chi connectivity index (χ3n) is 1.89. The highest BCUT2D eigenvalue weighted by molar-refractivity contribution is 9.10. The monoisotopic (exact) mass is 358 g/mol. The quantitative estimate of drug-likeness (QED) is 0.810. The number of aromatic nitrogens is 1. The third kappa shape index (κ3) is 2.99. The lowest BCUT2D eigenvalue weighted by Crippen LogP contribution is -1.88. The standard InChI is InChI=1S/C11H8Br2N2S/c12-7-1-3-10(9(14)5-7)16-11-4-2-8(13)6-15-11/h1-6H,14H2. The average Bonchev–Trinajstić information content (AvgIpc) is 2.25. The fourth-order valence-corrected chi connectivity index (χ4v) is 2.54. The molecule has 16 heavy (non-hydrogen) atoms. The van der Waals surface area contributed by atoms with Crippen LogP contribution in [0.3, 0.4) is 0 Å². The number of benzene rings is 1. The molecule has 1 aromatic heterocycles. The Labute approximate surface area is 115 Å². The molecule has 0 saturated heterocycles. The Morgan fingerprint density at radius 2 is 1.81 bits per heavy atom. The lowest BCUT2D eigenvalue weighted by molar-refractivity contribution is 1.12. The lowest BCUT2D eigenvalue weighted by atomic mass is 10.3. The van der Waals surface area contributed by atoms with Crippen LogP contribution in [0, 0.1) is 0 Å². The molecule has 0 aliphatic rings. The van der Waals surface area contributed by atoms with Crippen molar-refractivity contribution in [1.29, 1.82) is 0 Å². The molecule has 2 rings (SSSR count). The summed E-state index contributed by atoms with van der Waals surface area (Å²) in [6.07, 6.45) is 1.78. The Hall–Kier alpha value is -0.520. The van der Waals surface area contributed by atoms with Crippen molar-refractivity contribution in [2.24, 2.45) is 0 Å². The van der Waals surface area contributed by atoms with Crippen molar-refractivity contribution in [3.63, 3.8) is 0 Å². The lowest BCUT2D eigenvalue weighted by Gasteiger charge is -2.05. The van der Waals surface area contributed by atoms with Crippen LogP contribution in [-0.2, 0) is 0 Å². The van der Waals surface area contributed by atoms with Gasteiger partial charge in [0, 0.05) is 25.7 Å². The molecule has 2 aromatic rings. The number of nitrogen functional groups attached to an aromatic ring is 1.